The number of carbonyl (C=O) groups is 2. The number of alkyl halides is 2. The van der Waals surface area contributed by atoms with E-state index in [0.717, 1.165) is 0 Å². The van der Waals surface area contributed by atoms with E-state index in [9.17, 15) is 18.4 Å². The Hall–Kier alpha value is -2.96. The highest BCUT2D eigenvalue weighted by atomic mass is 19.3. The Morgan fingerprint density at radius 1 is 1.00 bits per heavy atom. The topological polar surface area (TPSA) is 64.6 Å². The summed E-state index contributed by atoms with van der Waals surface area (Å²) in [6, 6.07) is 13.6. The van der Waals surface area contributed by atoms with Gasteiger partial charge in [-0.1, -0.05) is 18.2 Å². The lowest BCUT2D eigenvalue weighted by atomic mass is 10.2. The lowest BCUT2D eigenvalue weighted by Crippen LogP contribution is -2.20. The van der Waals surface area contributed by atoms with Crippen molar-refractivity contribution >= 4 is 17.6 Å². The standard InChI is InChI=1S/C16H13F2NO4/c17-16(18)23-13-8-6-12(7-9-13)19-14(20)10-22-15(21)11-4-2-1-3-5-11/h1-9,16H,10H2,(H,19,20). The van der Waals surface area contributed by atoms with Crippen LogP contribution in [0.1, 0.15) is 10.4 Å². The van der Waals surface area contributed by atoms with Gasteiger partial charge in [-0.3, -0.25) is 4.79 Å². The van der Waals surface area contributed by atoms with Crippen LogP contribution >= 0.6 is 0 Å². The molecule has 2 aromatic rings. The molecule has 0 heterocycles. The van der Waals surface area contributed by atoms with E-state index in [1.54, 1.807) is 30.3 Å². The first kappa shape index (κ1) is 16.4. The van der Waals surface area contributed by atoms with Gasteiger partial charge in [-0.2, -0.15) is 8.78 Å². The number of ether oxygens (including phenoxy) is 2. The van der Waals surface area contributed by atoms with Gasteiger partial charge < -0.3 is 14.8 Å². The second kappa shape index (κ2) is 7.88. The second-order valence-electron chi connectivity index (χ2n) is 4.39. The number of halogens is 2. The average Bonchev–Trinajstić information content (AvgIpc) is 2.55. The number of anilines is 1. The normalized spacial score (nSPS) is 10.2. The summed E-state index contributed by atoms with van der Waals surface area (Å²) in [6.07, 6.45) is 0. The number of hydrogen-bond donors (Lipinski definition) is 1. The predicted octanol–water partition coefficient (Wildman–Crippen LogP) is 3.08. The van der Waals surface area contributed by atoms with E-state index in [2.05, 4.69) is 10.1 Å². The van der Waals surface area contributed by atoms with E-state index in [0.29, 0.717) is 11.3 Å². The SMILES string of the molecule is O=C(COC(=O)c1ccccc1)Nc1ccc(OC(F)F)cc1. The molecule has 0 atom stereocenters. The molecule has 0 spiro atoms. The minimum absolute atomic E-state index is 0.0199. The van der Waals surface area contributed by atoms with E-state index in [1.807, 2.05) is 0 Å². The molecule has 0 aliphatic rings. The maximum atomic E-state index is 12.0. The predicted molar refractivity (Wildman–Crippen MR) is 78.4 cm³/mol. The van der Waals surface area contributed by atoms with Gasteiger partial charge in [-0.05, 0) is 36.4 Å². The van der Waals surface area contributed by atoms with Gasteiger partial charge in [0.15, 0.2) is 6.61 Å². The molecule has 0 aromatic heterocycles. The monoisotopic (exact) mass is 321 g/mol. The van der Waals surface area contributed by atoms with Crippen molar-refractivity contribution in [3.8, 4) is 5.75 Å². The Kier molecular flexibility index (Phi) is 5.62. The molecule has 0 bridgehead atoms. The van der Waals surface area contributed by atoms with Crippen molar-refractivity contribution < 1.29 is 27.8 Å². The lowest BCUT2D eigenvalue weighted by molar-refractivity contribution is -0.119. The molecule has 0 fully saturated rings. The fourth-order valence-corrected chi connectivity index (χ4v) is 1.71. The molecule has 1 N–H and O–H groups in total. The van der Waals surface area contributed by atoms with Crippen LogP contribution in [0.3, 0.4) is 0 Å². The minimum Gasteiger partial charge on any atom is -0.452 e. The van der Waals surface area contributed by atoms with Gasteiger partial charge in [-0.15, -0.1) is 0 Å². The largest absolute Gasteiger partial charge is 0.452 e. The minimum atomic E-state index is -2.91. The third-order valence-corrected chi connectivity index (χ3v) is 2.71. The lowest BCUT2D eigenvalue weighted by Gasteiger charge is -2.08. The van der Waals surface area contributed by atoms with Gasteiger partial charge in [0, 0.05) is 5.69 Å². The maximum Gasteiger partial charge on any atom is 0.387 e. The molecule has 2 aromatic carbocycles. The molecule has 120 valence electrons. The summed E-state index contributed by atoms with van der Waals surface area (Å²) < 4.78 is 33.1. The van der Waals surface area contributed by atoms with Crippen LogP contribution in [0.25, 0.3) is 0 Å². The molecule has 1 amide bonds. The third-order valence-electron chi connectivity index (χ3n) is 2.71. The van der Waals surface area contributed by atoms with Crippen LogP contribution in [-0.2, 0) is 9.53 Å². The van der Waals surface area contributed by atoms with Crippen molar-refractivity contribution in [3.05, 3.63) is 60.2 Å². The smallest absolute Gasteiger partial charge is 0.387 e. The van der Waals surface area contributed by atoms with Gasteiger partial charge in [0.25, 0.3) is 5.91 Å². The Labute approximate surface area is 130 Å². The van der Waals surface area contributed by atoms with Crippen LogP contribution in [0.15, 0.2) is 54.6 Å². The average molecular weight is 321 g/mol. The van der Waals surface area contributed by atoms with Crippen molar-refractivity contribution in [1.29, 1.82) is 0 Å². The van der Waals surface area contributed by atoms with Crippen LogP contribution in [-0.4, -0.2) is 25.1 Å². The fraction of sp³-hybridized carbons (Fsp3) is 0.125. The summed E-state index contributed by atoms with van der Waals surface area (Å²) in [6.45, 7) is -3.36. The van der Waals surface area contributed by atoms with E-state index in [1.165, 1.54) is 24.3 Å². The molecule has 0 aliphatic heterocycles. The number of amides is 1. The third kappa shape index (κ3) is 5.39. The zero-order chi connectivity index (χ0) is 16.7. The van der Waals surface area contributed by atoms with Crippen LogP contribution in [0.5, 0.6) is 5.75 Å². The Morgan fingerprint density at radius 2 is 1.65 bits per heavy atom. The van der Waals surface area contributed by atoms with Crippen LogP contribution < -0.4 is 10.1 Å². The highest BCUT2D eigenvalue weighted by molar-refractivity contribution is 5.95. The van der Waals surface area contributed by atoms with E-state index in [-0.39, 0.29) is 5.75 Å². The van der Waals surface area contributed by atoms with Crippen molar-refractivity contribution in [2.75, 3.05) is 11.9 Å². The molecule has 2 rings (SSSR count). The molecular weight excluding hydrogens is 308 g/mol. The van der Waals surface area contributed by atoms with E-state index in [4.69, 9.17) is 4.74 Å². The van der Waals surface area contributed by atoms with Crippen molar-refractivity contribution in [2.45, 2.75) is 6.61 Å². The van der Waals surface area contributed by atoms with Gasteiger partial charge in [-0.25, -0.2) is 4.79 Å². The highest BCUT2D eigenvalue weighted by Gasteiger charge is 2.10. The number of benzene rings is 2. The molecule has 0 aliphatic carbocycles. The van der Waals surface area contributed by atoms with Crippen LogP contribution in [0.2, 0.25) is 0 Å². The first-order valence-electron chi connectivity index (χ1n) is 6.61. The van der Waals surface area contributed by atoms with Gasteiger partial charge >= 0.3 is 12.6 Å². The summed E-state index contributed by atoms with van der Waals surface area (Å²) in [5, 5.41) is 2.47. The number of rotatable bonds is 6. The molecule has 0 saturated carbocycles. The molecule has 5 nitrogen and oxygen atoms in total. The molecule has 23 heavy (non-hydrogen) atoms. The number of hydrogen-bond acceptors (Lipinski definition) is 4. The Morgan fingerprint density at radius 3 is 2.26 bits per heavy atom. The van der Waals surface area contributed by atoms with Crippen molar-refractivity contribution in [3.63, 3.8) is 0 Å². The summed E-state index contributed by atoms with van der Waals surface area (Å²) >= 11 is 0. The molecular formula is C16H13F2NO4. The number of nitrogens with one attached hydrogen (secondary N) is 1. The molecule has 0 radical (unpaired) electrons. The fourth-order valence-electron chi connectivity index (χ4n) is 1.71. The number of carbonyl (C=O) groups excluding carboxylic acids is 2. The Bertz CT molecular complexity index is 660. The zero-order valence-electron chi connectivity index (χ0n) is 11.9. The summed E-state index contributed by atoms with van der Waals surface area (Å²) in [5.41, 5.74) is 0.709. The van der Waals surface area contributed by atoms with Gasteiger partial charge in [0.1, 0.15) is 5.75 Å². The maximum absolute atomic E-state index is 12.0. The Balaban J connectivity index is 1.81. The van der Waals surface area contributed by atoms with E-state index < -0.39 is 25.1 Å². The summed E-state index contributed by atoms with van der Waals surface area (Å²) in [5.74, 6) is -1.17. The van der Waals surface area contributed by atoms with E-state index >= 15 is 0 Å². The van der Waals surface area contributed by atoms with Crippen molar-refractivity contribution in [2.24, 2.45) is 0 Å². The van der Waals surface area contributed by atoms with Crippen LogP contribution in [0.4, 0.5) is 14.5 Å². The first-order valence-corrected chi connectivity index (χ1v) is 6.61. The van der Waals surface area contributed by atoms with Crippen LogP contribution in [0, 0.1) is 0 Å². The summed E-state index contributed by atoms with van der Waals surface area (Å²) in [4.78, 5) is 23.3. The highest BCUT2D eigenvalue weighted by Crippen LogP contribution is 2.17. The van der Waals surface area contributed by atoms with Gasteiger partial charge in [0.2, 0.25) is 0 Å². The summed E-state index contributed by atoms with van der Waals surface area (Å²) in [7, 11) is 0. The molecule has 0 saturated heterocycles. The molecule has 0 unspecified atom stereocenters. The van der Waals surface area contributed by atoms with Crippen molar-refractivity contribution in [1.82, 2.24) is 0 Å². The first-order chi connectivity index (χ1) is 11.0. The second-order valence-corrected chi connectivity index (χ2v) is 4.39. The quantitative estimate of drug-likeness (QED) is 0.831. The van der Waals surface area contributed by atoms with Gasteiger partial charge in [0.05, 0.1) is 5.56 Å². The zero-order valence-corrected chi connectivity index (χ0v) is 11.9. The molecule has 7 heteroatoms. The number of esters is 1.